The monoisotopic (exact) mass is 276 g/mol. The van der Waals surface area contributed by atoms with E-state index in [0.717, 1.165) is 19.4 Å². The van der Waals surface area contributed by atoms with Crippen LogP contribution >= 0.6 is 0 Å². The predicted octanol–water partition coefficient (Wildman–Crippen LogP) is 2.65. The van der Waals surface area contributed by atoms with E-state index in [-0.39, 0.29) is 10.6 Å². The lowest BCUT2D eigenvalue weighted by Gasteiger charge is -2.33. The molecule has 0 spiro atoms. The van der Waals surface area contributed by atoms with Crippen molar-refractivity contribution >= 4 is 17.1 Å². The number of nitro groups is 1. The van der Waals surface area contributed by atoms with Gasteiger partial charge in [0.2, 0.25) is 0 Å². The van der Waals surface area contributed by atoms with Crippen LogP contribution in [-0.4, -0.2) is 17.5 Å². The molecule has 6 heteroatoms. The van der Waals surface area contributed by atoms with Crippen molar-refractivity contribution in [2.45, 2.75) is 38.1 Å². The molecule has 1 heterocycles. The zero-order valence-electron chi connectivity index (χ0n) is 11.4. The molecule has 0 bridgehead atoms. The molecule has 3 rings (SSSR count). The highest BCUT2D eigenvalue weighted by molar-refractivity contribution is 5.77. The number of benzene rings is 1. The van der Waals surface area contributed by atoms with Crippen molar-refractivity contribution in [3.8, 4) is 0 Å². The highest BCUT2D eigenvalue weighted by atomic mass is 16.6. The third-order valence-corrected chi connectivity index (χ3v) is 4.67. The molecule has 6 nitrogen and oxygen atoms in total. The fourth-order valence-corrected chi connectivity index (χ4v) is 3.78. The van der Waals surface area contributed by atoms with E-state index in [1.165, 1.54) is 19.3 Å². The number of rotatable bonds is 3. The van der Waals surface area contributed by atoms with Gasteiger partial charge >= 0.3 is 5.69 Å². The van der Waals surface area contributed by atoms with Crippen LogP contribution < -0.4 is 16.2 Å². The smallest absolute Gasteiger partial charge is 0.316 e. The molecule has 2 unspecified atom stereocenters. The molecule has 1 aliphatic heterocycles. The lowest BCUT2D eigenvalue weighted by molar-refractivity contribution is -0.383. The summed E-state index contributed by atoms with van der Waals surface area (Å²) in [7, 11) is 0. The van der Waals surface area contributed by atoms with Crippen molar-refractivity contribution in [3.05, 3.63) is 28.3 Å². The topological polar surface area (TPSA) is 84.4 Å². The standard InChI is InChI=1S/C14H20N4O2/c15-16-11-5-3-7-13(14(11)18(19)20)17-9-8-10-4-1-2-6-12(10)17/h3,5,7,10,12,16H,1-2,4,6,8-9,15H2. The van der Waals surface area contributed by atoms with Gasteiger partial charge in [0.1, 0.15) is 11.4 Å². The third kappa shape index (κ3) is 2.10. The normalized spacial score (nSPS) is 25.4. The number of nitro benzene ring substituents is 1. The van der Waals surface area contributed by atoms with E-state index in [0.29, 0.717) is 23.3 Å². The van der Waals surface area contributed by atoms with Crippen LogP contribution in [-0.2, 0) is 0 Å². The van der Waals surface area contributed by atoms with Crippen molar-refractivity contribution in [2.24, 2.45) is 11.8 Å². The number of para-hydroxylation sites is 1. The first kappa shape index (κ1) is 13.2. The van der Waals surface area contributed by atoms with Gasteiger partial charge in [0.15, 0.2) is 0 Å². The fraction of sp³-hybridized carbons (Fsp3) is 0.571. The molecule has 1 aliphatic carbocycles. The van der Waals surface area contributed by atoms with Crippen LogP contribution in [0.25, 0.3) is 0 Å². The first-order valence-corrected chi connectivity index (χ1v) is 7.23. The number of nitrogens with zero attached hydrogens (tertiary/aromatic N) is 2. The Bertz CT molecular complexity index is 520. The first-order valence-electron chi connectivity index (χ1n) is 7.23. The van der Waals surface area contributed by atoms with Crippen molar-refractivity contribution in [2.75, 3.05) is 16.9 Å². The van der Waals surface area contributed by atoms with Gasteiger partial charge in [-0.1, -0.05) is 18.9 Å². The van der Waals surface area contributed by atoms with Crippen molar-refractivity contribution in [1.82, 2.24) is 0 Å². The summed E-state index contributed by atoms with van der Waals surface area (Å²) < 4.78 is 0. The van der Waals surface area contributed by atoms with E-state index in [2.05, 4.69) is 10.3 Å². The number of hydrazine groups is 1. The molecule has 1 saturated heterocycles. The molecule has 0 radical (unpaired) electrons. The molecule has 1 aromatic rings. The maximum Gasteiger partial charge on any atom is 0.316 e. The summed E-state index contributed by atoms with van der Waals surface area (Å²) >= 11 is 0. The van der Waals surface area contributed by atoms with E-state index in [1.54, 1.807) is 6.07 Å². The van der Waals surface area contributed by atoms with Gasteiger partial charge in [-0.15, -0.1) is 0 Å². The van der Waals surface area contributed by atoms with Crippen LogP contribution in [0.3, 0.4) is 0 Å². The Hall–Kier alpha value is -1.82. The summed E-state index contributed by atoms with van der Waals surface area (Å²) in [6, 6.07) is 5.77. The minimum Gasteiger partial charge on any atom is -0.363 e. The number of hydrogen-bond acceptors (Lipinski definition) is 5. The Labute approximate surface area is 118 Å². The van der Waals surface area contributed by atoms with E-state index < -0.39 is 0 Å². The summed E-state index contributed by atoms with van der Waals surface area (Å²) in [4.78, 5) is 13.3. The lowest BCUT2D eigenvalue weighted by atomic mass is 9.85. The van der Waals surface area contributed by atoms with Crippen molar-refractivity contribution in [1.29, 1.82) is 0 Å². The van der Waals surface area contributed by atoms with Gasteiger partial charge in [0, 0.05) is 12.6 Å². The Kier molecular flexibility index (Phi) is 3.48. The molecule has 0 amide bonds. The van der Waals surface area contributed by atoms with Crippen LogP contribution in [0.2, 0.25) is 0 Å². The zero-order chi connectivity index (χ0) is 14.1. The fourth-order valence-electron chi connectivity index (χ4n) is 3.78. The van der Waals surface area contributed by atoms with E-state index in [1.807, 2.05) is 12.1 Å². The largest absolute Gasteiger partial charge is 0.363 e. The number of nitrogen functional groups attached to an aromatic ring is 1. The maximum absolute atomic E-state index is 11.4. The molecule has 1 aromatic carbocycles. The highest BCUT2D eigenvalue weighted by Gasteiger charge is 2.38. The summed E-state index contributed by atoms with van der Waals surface area (Å²) in [5.41, 5.74) is 3.63. The van der Waals surface area contributed by atoms with Gasteiger partial charge in [0.05, 0.1) is 4.92 Å². The average molecular weight is 276 g/mol. The van der Waals surface area contributed by atoms with Crippen molar-refractivity contribution < 1.29 is 4.92 Å². The summed E-state index contributed by atoms with van der Waals surface area (Å²) in [6.07, 6.45) is 6.05. The molecule has 2 fully saturated rings. The Balaban J connectivity index is 1.99. The second-order valence-electron chi connectivity index (χ2n) is 5.67. The van der Waals surface area contributed by atoms with Crippen molar-refractivity contribution in [3.63, 3.8) is 0 Å². The molecule has 1 saturated carbocycles. The zero-order valence-corrected chi connectivity index (χ0v) is 11.4. The minimum atomic E-state index is -0.333. The Morgan fingerprint density at radius 2 is 2.10 bits per heavy atom. The predicted molar refractivity (Wildman–Crippen MR) is 78.6 cm³/mol. The van der Waals surface area contributed by atoms with E-state index in [4.69, 9.17) is 5.84 Å². The summed E-state index contributed by atoms with van der Waals surface area (Å²) in [5, 5.41) is 11.4. The Morgan fingerprint density at radius 3 is 2.85 bits per heavy atom. The van der Waals surface area contributed by atoms with Crippen LogP contribution in [0.5, 0.6) is 0 Å². The lowest BCUT2D eigenvalue weighted by Crippen LogP contribution is -2.35. The van der Waals surface area contributed by atoms with Crippen LogP contribution in [0.15, 0.2) is 18.2 Å². The second kappa shape index (κ2) is 5.28. The number of nitrogens with two attached hydrogens (primary N) is 1. The molecule has 2 aliphatic rings. The van der Waals surface area contributed by atoms with Gasteiger partial charge in [-0.05, 0) is 37.3 Å². The van der Waals surface area contributed by atoms with Gasteiger partial charge < -0.3 is 10.3 Å². The van der Waals surface area contributed by atoms with Crippen LogP contribution in [0.1, 0.15) is 32.1 Å². The SMILES string of the molecule is NNc1cccc(N2CCC3CCCCC32)c1[N+](=O)[O-]. The molecular weight excluding hydrogens is 256 g/mol. The average Bonchev–Trinajstić information content (AvgIpc) is 2.90. The Morgan fingerprint density at radius 1 is 1.30 bits per heavy atom. The van der Waals surface area contributed by atoms with E-state index in [9.17, 15) is 10.1 Å². The quantitative estimate of drug-likeness (QED) is 0.503. The van der Waals surface area contributed by atoms with Gasteiger partial charge in [-0.25, -0.2) is 0 Å². The molecule has 108 valence electrons. The van der Waals surface area contributed by atoms with E-state index >= 15 is 0 Å². The minimum absolute atomic E-state index is 0.0984. The molecule has 0 aromatic heterocycles. The molecule has 3 N–H and O–H groups in total. The number of anilines is 2. The van der Waals surface area contributed by atoms with Gasteiger partial charge in [-0.2, -0.15) is 0 Å². The molecule has 2 atom stereocenters. The molecule has 20 heavy (non-hydrogen) atoms. The second-order valence-corrected chi connectivity index (χ2v) is 5.67. The van der Waals surface area contributed by atoms with Gasteiger partial charge in [0.25, 0.3) is 0 Å². The third-order valence-electron chi connectivity index (χ3n) is 4.67. The van der Waals surface area contributed by atoms with Gasteiger partial charge in [-0.3, -0.25) is 16.0 Å². The summed E-state index contributed by atoms with van der Waals surface area (Å²) in [6.45, 7) is 0.907. The summed E-state index contributed by atoms with van der Waals surface area (Å²) in [5.74, 6) is 6.11. The number of fused-ring (bicyclic) bond motifs is 1. The first-order chi connectivity index (χ1) is 9.72. The van der Waals surface area contributed by atoms with Crippen LogP contribution in [0, 0.1) is 16.0 Å². The molecular formula is C14H20N4O2. The number of nitrogens with one attached hydrogen (secondary N) is 1. The maximum atomic E-state index is 11.4. The number of hydrogen-bond donors (Lipinski definition) is 2. The van der Waals surface area contributed by atoms with Crippen LogP contribution in [0.4, 0.5) is 17.1 Å². The highest BCUT2D eigenvalue weighted by Crippen LogP contribution is 2.43.